The highest BCUT2D eigenvalue weighted by Crippen LogP contribution is 2.39. The Balaban J connectivity index is 0.000000193. The number of likely N-dealkylation sites (tertiary alicyclic amines) is 3. The molecule has 3 fully saturated rings. The number of aliphatic hydroxyl groups is 3. The van der Waals surface area contributed by atoms with E-state index >= 15 is 0 Å². The fourth-order valence-electron chi connectivity index (χ4n) is 7.85. The molecule has 0 spiro atoms. The number of alkyl halides is 3. The van der Waals surface area contributed by atoms with E-state index in [-0.39, 0.29) is 16.7 Å². The molecule has 0 aromatic heterocycles. The Hall–Kier alpha value is -4.02. The second-order valence-corrected chi connectivity index (χ2v) is 15.5. The minimum atomic E-state index is -4.75. The molecule has 3 aliphatic heterocycles. The van der Waals surface area contributed by atoms with Crippen LogP contribution in [0.3, 0.4) is 0 Å². The van der Waals surface area contributed by atoms with E-state index in [1.165, 1.54) is 30.3 Å². The van der Waals surface area contributed by atoms with E-state index in [2.05, 4.69) is 35.5 Å². The molecule has 316 valence electrons. The van der Waals surface area contributed by atoms with Crippen LogP contribution in [0.5, 0.6) is 0 Å². The van der Waals surface area contributed by atoms with E-state index in [0.717, 1.165) is 70.8 Å². The highest BCUT2D eigenvalue weighted by Gasteiger charge is 2.39. The van der Waals surface area contributed by atoms with E-state index in [0.29, 0.717) is 62.7 Å². The predicted octanol–water partition coefficient (Wildman–Crippen LogP) is 7.93. The minimum absolute atomic E-state index is 0.0216. The molecule has 3 aliphatic rings. The minimum Gasteiger partial charge on any atom is -0.385 e. The molecule has 14 heteroatoms. The van der Waals surface area contributed by atoms with Crippen molar-refractivity contribution in [3.63, 3.8) is 0 Å². The van der Waals surface area contributed by atoms with E-state index in [1.807, 2.05) is 0 Å². The van der Waals surface area contributed by atoms with Crippen LogP contribution in [0.1, 0.15) is 106 Å². The number of rotatable bonds is 8. The zero-order valence-corrected chi connectivity index (χ0v) is 33.6. The van der Waals surface area contributed by atoms with Gasteiger partial charge in [-0.25, -0.2) is 13.2 Å². The first-order chi connectivity index (χ1) is 27.4. The molecule has 3 saturated heterocycles. The summed E-state index contributed by atoms with van der Waals surface area (Å²) in [7, 11) is 0. The van der Waals surface area contributed by atoms with Crippen molar-refractivity contribution in [2.24, 2.45) is 0 Å². The molecule has 3 aromatic carbocycles. The molecule has 0 amide bonds. The number of nitriles is 2. The molecule has 0 aliphatic carbocycles. The lowest BCUT2D eigenvalue weighted by Crippen LogP contribution is -2.42. The average molecular weight is 816 g/mol. The lowest BCUT2D eigenvalue weighted by atomic mass is 9.83. The SMILES string of the molecule is CCCN1CCC(O)(c2ccc(C#N)c(F)c2)CC1.CCCN1CCC(O)(c2ccc(F)c(C(F)(F)F)c2)CC1.CCN1CCC(O)(c2ccc(C#N)c(F)c2)CC1. The van der Waals surface area contributed by atoms with Gasteiger partial charge in [0.15, 0.2) is 0 Å². The standard InChI is InChI=1S/C15H19F4NO.C15H19FN2O.C14H17FN2O/c1-2-7-20-8-5-14(21,6-9-20)11-3-4-13(16)12(10-11)15(17,18)19;1-2-7-18-8-5-15(19,6-9-18)13-4-3-12(11-17)14(16)10-13;1-2-17-7-5-14(18,6-8-17)12-4-3-11(10-16)13(15)9-12/h3-4,10,21H,2,5-9H2,1H3;3-4,10,19H,2,5-9H2,1H3;3-4,9,18H,2,5-8H2,1H3. The summed E-state index contributed by atoms with van der Waals surface area (Å²) in [5, 5.41) is 49.2. The number of hydrogen-bond acceptors (Lipinski definition) is 8. The maximum Gasteiger partial charge on any atom is 0.419 e. The average Bonchev–Trinajstić information content (AvgIpc) is 3.20. The van der Waals surface area contributed by atoms with Gasteiger partial charge in [0.2, 0.25) is 0 Å². The molecule has 0 bridgehead atoms. The quantitative estimate of drug-likeness (QED) is 0.197. The lowest BCUT2D eigenvalue weighted by molar-refractivity contribution is -0.140. The molecule has 0 atom stereocenters. The zero-order valence-electron chi connectivity index (χ0n) is 33.6. The molecule has 3 heterocycles. The van der Waals surface area contributed by atoms with Gasteiger partial charge in [-0.05, 0) is 124 Å². The smallest absolute Gasteiger partial charge is 0.385 e. The molecule has 0 radical (unpaired) electrons. The Labute approximate surface area is 337 Å². The largest absolute Gasteiger partial charge is 0.419 e. The van der Waals surface area contributed by atoms with Gasteiger partial charge in [0.05, 0.1) is 33.5 Å². The molecular formula is C44H55F6N5O3. The fraction of sp³-hybridized carbons (Fsp3) is 0.545. The van der Waals surface area contributed by atoms with Crippen LogP contribution < -0.4 is 0 Å². The highest BCUT2D eigenvalue weighted by molar-refractivity contribution is 5.37. The van der Waals surface area contributed by atoms with Crippen molar-refractivity contribution in [2.45, 2.75) is 95.1 Å². The van der Waals surface area contributed by atoms with Gasteiger partial charge in [-0.3, -0.25) is 0 Å². The highest BCUT2D eigenvalue weighted by atomic mass is 19.4. The van der Waals surface area contributed by atoms with Crippen LogP contribution in [0.2, 0.25) is 0 Å². The van der Waals surface area contributed by atoms with Crippen molar-refractivity contribution in [3.8, 4) is 12.1 Å². The first-order valence-electron chi connectivity index (χ1n) is 20.1. The van der Waals surface area contributed by atoms with Gasteiger partial charge in [-0.1, -0.05) is 39.0 Å². The lowest BCUT2D eigenvalue weighted by Gasteiger charge is -2.38. The summed E-state index contributed by atoms with van der Waals surface area (Å²) >= 11 is 0. The van der Waals surface area contributed by atoms with Crippen molar-refractivity contribution >= 4 is 0 Å². The van der Waals surface area contributed by atoms with E-state index in [4.69, 9.17) is 10.5 Å². The molecular weight excluding hydrogens is 761 g/mol. The second kappa shape index (κ2) is 20.3. The Morgan fingerprint density at radius 2 is 0.897 bits per heavy atom. The van der Waals surface area contributed by atoms with E-state index < -0.39 is 46.0 Å². The Morgan fingerprint density at radius 1 is 0.552 bits per heavy atom. The van der Waals surface area contributed by atoms with Gasteiger partial charge < -0.3 is 30.0 Å². The summed E-state index contributed by atoms with van der Waals surface area (Å²) < 4.78 is 78.8. The van der Waals surface area contributed by atoms with Crippen molar-refractivity contribution in [1.82, 2.24) is 14.7 Å². The number of benzene rings is 3. The van der Waals surface area contributed by atoms with Gasteiger partial charge in [0.1, 0.15) is 29.6 Å². The number of hydrogen-bond donors (Lipinski definition) is 3. The summed E-state index contributed by atoms with van der Waals surface area (Å²) in [4.78, 5) is 6.74. The third-order valence-corrected chi connectivity index (χ3v) is 11.6. The predicted molar refractivity (Wildman–Crippen MR) is 209 cm³/mol. The van der Waals surface area contributed by atoms with E-state index in [9.17, 15) is 41.7 Å². The van der Waals surface area contributed by atoms with Crippen molar-refractivity contribution in [2.75, 3.05) is 58.9 Å². The summed E-state index contributed by atoms with van der Waals surface area (Å²) in [5.74, 6) is -2.41. The van der Waals surface area contributed by atoms with Crippen LogP contribution in [0.15, 0.2) is 54.6 Å². The van der Waals surface area contributed by atoms with Crippen LogP contribution in [0, 0.1) is 40.1 Å². The van der Waals surface area contributed by atoms with Gasteiger partial charge in [0, 0.05) is 39.3 Å². The Morgan fingerprint density at radius 3 is 1.21 bits per heavy atom. The first kappa shape index (κ1) is 46.7. The first-order valence-corrected chi connectivity index (χ1v) is 20.1. The topological polar surface area (TPSA) is 118 Å². The molecule has 0 unspecified atom stereocenters. The van der Waals surface area contributed by atoms with Gasteiger partial charge >= 0.3 is 6.18 Å². The third-order valence-electron chi connectivity index (χ3n) is 11.6. The summed E-state index contributed by atoms with van der Waals surface area (Å²) in [6, 6.07) is 15.2. The van der Waals surface area contributed by atoms with Crippen LogP contribution >= 0.6 is 0 Å². The third kappa shape index (κ3) is 11.8. The van der Waals surface area contributed by atoms with Crippen LogP contribution in [0.4, 0.5) is 26.3 Å². The summed E-state index contributed by atoms with van der Waals surface area (Å²) in [6.07, 6.45) is 0.484. The maximum absolute atomic E-state index is 13.6. The van der Waals surface area contributed by atoms with Crippen LogP contribution in [-0.2, 0) is 23.0 Å². The summed E-state index contributed by atoms with van der Waals surface area (Å²) in [6.45, 7) is 13.7. The number of piperidine rings is 3. The number of halogens is 6. The normalized spacial score (nSPS) is 19.4. The molecule has 8 nitrogen and oxygen atoms in total. The van der Waals surface area contributed by atoms with Gasteiger partial charge in [0.25, 0.3) is 0 Å². The van der Waals surface area contributed by atoms with E-state index in [1.54, 1.807) is 24.3 Å². The van der Waals surface area contributed by atoms with Crippen molar-refractivity contribution in [3.05, 3.63) is 105 Å². The second-order valence-electron chi connectivity index (χ2n) is 15.5. The van der Waals surface area contributed by atoms with Crippen LogP contribution in [0.25, 0.3) is 0 Å². The molecule has 0 saturated carbocycles. The number of nitrogens with zero attached hydrogens (tertiary/aromatic N) is 5. The monoisotopic (exact) mass is 815 g/mol. The molecule has 3 aromatic rings. The van der Waals surface area contributed by atoms with Crippen molar-refractivity contribution < 1.29 is 41.7 Å². The Kier molecular flexibility index (Phi) is 16.3. The van der Waals surface area contributed by atoms with Gasteiger partial charge in [-0.15, -0.1) is 0 Å². The van der Waals surface area contributed by atoms with Gasteiger partial charge in [-0.2, -0.15) is 23.7 Å². The maximum atomic E-state index is 13.6. The molecule has 58 heavy (non-hydrogen) atoms. The molecule has 3 N–H and O–H groups in total. The Bertz CT molecular complexity index is 1890. The van der Waals surface area contributed by atoms with Crippen LogP contribution in [-0.4, -0.2) is 88.9 Å². The van der Waals surface area contributed by atoms with Crippen molar-refractivity contribution in [1.29, 1.82) is 10.5 Å². The fourth-order valence-corrected chi connectivity index (χ4v) is 7.85. The zero-order chi connectivity index (χ0) is 42.7. The molecule has 6 rings (SSSR count). The summed E-state index contributed by atoms with van der Waals surface area (Å²) in [5.41, 5.74) is -3.19.